The zero-order chi connectivity index (χ0) is 18.1. The molecule has 1 amide bonds. The van der Waals surface area contributed by atoms with Crippen molar-refractivity contribution >= 4 is 18.0 Å². The molecule has 0 atom stereocenters. The molecule has 132 valence electrons. The second-order valence-corrected chi connectivity index (χ2v) is 6.04. The average molecular weight is 342 g/mol. The number of hydrogen-bond acceptors (Lipinski definition) is 4. The van der Waals surface area contributed by atoms with Gasteiger partial charge in [-0.25, -0.2) is 0 Å². The van der Waals surface area contributed by atoms with E-state index >= 15 is 0 Å². The summed E-state index contributed by atoms with van der Waals surface area (Å²) >= 11 is 0. The number of ether oxygens (including phenoxy) is 1. The molecular weight excluding hydrogens is 320 g/mol. The van der Waals surface area contributed by atoms with E-state index < -0.39 is 5.97 Å². The first kappa shape index (κ1) is 18.5. The number of carbonyl (C=O) groups excluding carboxylic acids is 1. The Kier molecular flexibility index (Phi) is 7.02. The topological polar surface area (TPSA) is 99.4 Å². The van der Waals surface area contributed by atoms with Crippen LogP contribution in [-0.4, -0.2) is 29.6 Å². The molecule has 2 N–H and O–H groups in total. The van der Waals surface area contributed by atoms with E-state index in [1.165, 1.54) is 6.42 Å². The van der Waals surface area contributed by atoms with Gasteiger partial charge in [-0.2, -0.15) is 5.26 Å². The zero-order valence-electron chi connectivity index (χ0n) is 14.0. The van der Waals surface area contributed by atoms with Crippen LogP contribution in [0.5, 0.6) is 5.75 Å². The predicted octanol–water partition coefficient (Wildman–Crippen LogP) is 2.90. The Labute approximate surface area is 147 Å². The quantitative estimate of drug-likeness (QED) is 0.586. The fraction of sp³-hybridized carbons (Fsp3) is 0.421. The van der Waals surface area contributed by atoms with E-state index in [1.807, 2.05) is 6.07 Å². The SMILES string of the molecule is N#C/C(=C\c1ccc(OCCC(=O)O)cc1)C(=O)NC1CCCCC1. The van der Waals surface area contributed by atoms with Crippen molar-refractivity contribution in [1.29, 1.82) is 5.26 Å². The molecule has 0 spiro atoms. The van der Waals surface area contributed by atoms with E-state index in [-0.39, 0.29) is 30.5 Å². The summed E-state index contributed by atoms with van der Waals surface area (Å²) in [5, 5.41) is 20.8. The van der Waals surface area contributed by atoms with Crippen LogP contribution in [0.2, 0.25) is 0 Å². The lowest BCUT2D eigenvalue weighted by atomic mass is 9.95. The number of carbonyl (C=O) groups is 2. The van der Waals surface area contributed by atoms with E-state index in [4.69, 9.17) is 9.84 Å². The Bertz CT molecular complexity index is 668. The molecule has 1 aromatic carbocycles. The minimum atomic E-state index is -0.915. The Hall–Kier alpha value is -2.81. The fourth-order valence-corrected chi connectivity index (χ4v) is 2.74. The zero-order valence-corrected chi connectivity index (χ0v) is 14.0. The monoisotopic (exact) mass is 342 g/mol. The van der Waals surface area contributed by atoms with Gasteiger partial charge in [0.1, 0.15) is 17.4 Å². The van der Waals surface area contributed by atoms with Gasteiger partial charge in [0.05, 0.1) is 13.0 Å². The summed E-state index contributed by atoms with van der Waals surface area (Å²) in [6, 6.07) is 8.92. The van der Waals surface area contributed by atoms with Crippen LogP contribution in [0.3, 0.4) is 0 Å². The van der Waals surface area contributed by atoms with Crippen molar-refractivity contribution in [3.05, 3.63) is 35.4 Å². The number of rotatable bonds is 7. The van der Waals surface area contributed by atoms with Crippen LogP contribution in [0.1, 0.15) is 44.1 Å². The highest BCUT2D eigenvalue weighted by Crippen LogP contribution is 2.18. The first-order valence-electron chi connectivity index (χ1n) is 8.46. The number of amides is 1. The number of nitrogens with zero attached hydrogens (tertiary/aromatic N) is 1. The standard InChI is InChI=1S/C19H22N2O4/c20-13-15(19(24)21-16-4-2-1-3-5-16)12-14-6-8-17(9-7-14)25-11-10-18(22)23/h6-9,12,16H,1-5,10-11H2,(H,21,24)(H,22,23)/b15-12+. The molecule has 6 heteroatoms. The minimum Gasteiger partial charge on any atom is -0.493 e. The summed E-state index contributed by atoms with van der Waals surface area (Å²) in [6.45, 7) is 0.0950. The van der Waals surface area contributed by atoms with Gasteiger partial charge in [-0.1, -0.05) is 31.4 Å². The highest BCUT2D eigenvalue weighted by atomic mass is 16.5. The Morgan fingerprint density at radius 2 is 1.92 bits per heavy atom. The number of aliphatic carboxylic acids is 1. The molecule has 2 rings (SSSR count). The predicted molar refractivity (Wildman–Crippen MR) is 92.8 cm³/mol. The second-order valence-electron chi connectivity index (χ2n) is 6.04. The molecule has 1 aromatic rings. The van der Waals surface area contributed by atoms with Gasteiger partial charge in [0, 0.05) is 6.04 Å². The molecule has 0 unspecified atom stereocenters. The van der Waals surface area contributed by atoms with Crippen LogP contribution >= 0.6 is 0 Å². The maximum absolute atomic E-state index is 12.2. The number of carboxylic acid groups (broad SMARTS) is 1. The third kappa shape index (κ3) is 6.30. The Morgan fingerprint density at radius 3 is 2.52 bits per heavy atom. The van der Waals surface area contributed by atoms with Crippen molar-refractivity contribution < 1.29 is 19.4 Å². The van der Waals surface area contributed by atoms with Crippen molar-refractivity contribution in [1.82, 2.24) is 5.32 Å². The van der Waals surface area contributed by atoms with Gasteiger partial charge in [-0.05, 0) is 36.6 Å². The van der Waals surface area contributed by atoms with Gasteiger partial charge in [0.25, 0.3) is 5.91 Å². The van der Waals surface area contributed by atoms with Gasteiger partial charge in [0.2, 0.25) is 0 Å². The summed E-state index contributed by atoms with van der Waals surface area (Å²) in [5.74, 6) is -0.707. The lowest BCUT2D eigenvalue weighted by Crippen LogP contribution is -2.36. The van der Waals surface area contributed by atoms with Crippen molar-refractivity contribution in [2.45, 2.75) is 44.6 Å². The molecule has 0 radical (unpaired) electrons. The lowest BCUT2D eigenvalue weighted by Gasteiger charge is -2.22. The smallest absolute Gasteiger partial charge is 0.306 e. The van der Waals surface area contributed by atoms with Crippen LogP contribution in [0.4, 0.5) is 0 Å². The molecule has 0 bridgehead atoms. The van der Waals surface area contributed by atoms with Gasteiger partial charge in [-0.3, -0.25) is 9.59 Å². The second kappa shape index (κ2) is 9.48. The van der Waals surface area contributed by atoms with Crippen LogP contribution in [0.15, 0.2) is 29.8 Å². The minimum absolute atomic E-state index is 0.0679. The van der Waals surface area contributed by atoms with E-state index in [9.17, 15) is 14.9 Å². The normalized spacial score (nSPS) is 15.2. The number of hydrogen-bond donors (Lipinski definition) is 2. The highest BCUT2D eigenvalue weighted by Gasteiger charge is 2.18. The molecule has 1 aliphatic rings. The van der Waals surface area contributed by atoms with Gasteiger partial charge in [-0.15, -0.1) is 0 Å². The van der Waals surface area contributed by atoms with E-state index in [0.717, 1.165) is 25.7 Å². The third-order valence-corrected chi connectivity index (χ3v) is 4.08. The largest absolute Gasteiger partial charge is 0.493 e. The van der Waals surface area contributed by atoms with Crippen molar-refractivity contribution in [3.8, 4) is 11.8 Å². The molecule has 6 nitrogen and oxygen atoms in total. The molecule has 1 saturated carbocycles. The van der Waals surface area contributed by atoms with E-state index in [2.05, 4.69) is 5.32 Å². The number of nitrogens with one attached hydrogen (secondary N) is 1. The summed E-state index contributed by atoms with van der Waals surface area (Å²) in [5.41, 5.74) is 0.783. The van der Waals surface area contributed by atoms with E-state index in [0.29, 0.717) is 11.3 Å². The average Bonchev–Trinajstić information content (AvgIpc) is 2.61. The molecule has 0 aromatic heterocycles. The number of benzene rings is 1. The molecule has 1 aliphatic carbocycles. The van der Waals surface area contributed by atoms with Crippen molar-refractivity contribution in [2.24, 2.45) is 0 Å². The summed E-state index contributed by atoms with van der Waals surface area (Å²) in [6.07, 6.45) is 6.83. The Balaban J connectivity index is 1.94. The van der Waals surface area contributed by atoms with Gasteiger partial charge >= 0.3 is 5.97 Å². The molecule has 0 heterocycles. The molecule has 1 fully saturated rings. The maximum atomic E-state index is 12.2. The number of nitriles is 1. The molecule has 25 heavy (non-hydrogen) atoms. The van der Waals surface area contributed by atoms with Crippen LogP contribution in [0.25, 0.3) is 6.08 Å². The third-order valence-electron chi connectivity index (χ3n) is 4.08. The molecule has 0 saturated heterocycles. The first-order chi connectivity index (χ1) is 12.1. The maximum Gasteiger partial charge on any atom is 0.306 e. The first-order valence-corrected chi connectivity index (χ1v) is 8.46. The van der Waals surface area contributed by atoms with Gasteiger partial charge in [0.15, 0.2) is 0 Å². The summed E-state index contributed by atoms with van der Waals surface area (Å²) < 4.78 is 5.31. The van der Waals surface area contributed by atoms with Crippen LogP contribution in [-0.2, 0) is 9.59 Å². The van der Waals surface area contributed by atoms with Crippen molar-refractivity contribution in [2.75, 3.05) is 6.61 Å². The van der Waals surface area contributed by atoms with Crippen LogP contribution < -0.4 is 10.1 Å². The Morgan fingerprint density at radius 1 is 1.24 bits per heavy atom. The fourth-order valence-electron chi connectivity index (χ4n) is 2.74. The molecular formula is C19H22N2O4. The van der Waals surface area contributed by atoms with Crippen LogP contribution in [0, 0.1) is 11.3 Å². The lowest BCUT2D eigenvalue weighted by molar-refractivity contribution is -0.137. The molecule has 0 aliphatic heterocycles. The summed E-state index contributed by atoms with van der Waals surface area (Å²) in [4.78, 5) is 22.7. The highest BCUT2D eigenvalue weighted by molar-refractivity contribution is 6.01. The van der Waals surface area contributed by atoms with Gasteiger partial charge < -0.3 is 15.2 Å². The van der Waals surface area contributed by atoms with E-state index in [1.54, 1.807) is 30.3 Å². The number of carboxylic acids is 1. The van der Waals surface area contributed by atoms with Crippen molar-refractivity contribution in [3.63, 3.8) is 0 Å². The summed E-state index contributed by atoms with van der Waals surface area (Å²) in [7, 11) is 0.